The van der Waals surface area contributed by atoms with E-state index < -0.39 is 5.97 Å². The Morgan fingerprint density at radius 2 is 2.00 bits per heavy atom. The second kappa shape index (κ2) is 7.00. The Morgan fingerprint density at radius 3 is 2.53 bits per heavy atom. The summed E-state index contributed by atoms with van der Waals surface area (Å²) in [4.78, 5) is 13.4. The molecule has 1 rings (SSSR count). The largest absolute Gasteiger partial charge is 0.481 e. The molecule has 1 N–H and O–H groups in total. The minimum absolute atomic E-state index is 0.255. The molecule has 3 unspecified atom stereocenters. The summed E-state index contributed by atoms with van der Waals surface area (Å²) in [5, 5.41) is 9.02. The Hall–Kier alpha value is -0.570. The number of carbonyl (C=O) groups is 1. The summed E-state index contributed by atoms with van der Waals surface area (Å²) < 4.78 is 0. The number of hydrogen-bond acceptors (Lipinski definition) is 2. The van der Waals surface area contributed by atoms with Crippen molar-refractivity contribution in [3.05, 3.63) is 0 Å². The standard InChI is InChI=1S/C14H27NO2/c1-4-12-8-6-7-9-13(12)15(5-2)10-11(3)14(16)17/h11-13H,4-10H2,1-3H3,(H,16,17). The van der Waals surface area contributed by atoms with Crippen molar-refractivity contribution in [3.8, 4) is 0 Å². The third-order valence-electron chi connectivity index (χ3n) is 4.20. The second-order valence-corrected chi connectivity index (χ2v) is 5.35. The quantitative estimate of drug-likeness (QED) is 0.777. The van der Waals surface area contributed by atoms with Crippen LogP contribution in [0.15, 0.2) is 0 Å². The van der Waals surface area contributed by atoms with Crippen molar-refractivity contribution >= 4 is 5.97 Å². The van der Waals surface area contributed by atoms with Gasteiger partial charge in [-0.25, -0.2) is 0 Å². The van der Waals surface area contributed by atoms with Crippen LogP contribution in [-0.4, -0.2) is 35.1 Å². The van der Waals surface area contributed by atoms with E-state index in [1.165, 1.54) is 32.1 Å². The lowest BCUT2D eigenvalue weighted by molar-refractivity contribution is -0.142. The average molecular weight is 241 g/mol. The van der Waals surface area contributed by atoms with Crippen LogP contribution in [0.25, 0.3) is 0 Å². The van der Waals surface area contributed by atoms with Crippen LogP contribution < -0.4 is 0 Å². The molecule has 0 heterocycles. The molecule has 0 radical (unpaired) electrons. The van der Waals surface area contributed by atoms with Gasteiger partial charge in [0.1, 0.15) is 0 Å². The van der Waals surface area contributed by atoms with E-state index >= 15 is 0 Å². The molecular weight excluding hydrogens is 214 g/mol. The van der Waals surface area contributed by atoms with E-state index in [4.69, 9.17) is 5.11 Å². The van der Waals surface area contributed by atoms with Gasteiger partial charge in [-0.3, -0.25) is 9.69 Å². The Balaban J connectivity index is 2.60. The number of hydrogen-bond donors (Lipinski definition) is 1. The third kappa shape index (κ3) is 3.98. The van der Waals surface area contributed by atoms with Crippen molar-refractivity contribution < 1.29 is 9.90 Å². The Bertz CT molecular complexity index is 242. The normalized spacial score (nSPS) is 27.1. The summed E-state index contributed by atoms with van der Waals surface area (Å²) in [7, 11) is 0. The van der Waals surface area contributed by atoms with E-state index in [1.54, 1.807) is 0 Å². The highest BCUT2D eigenvalue weighted by molar-refractivity contribution is 5.69. The monoisotopic (exact) mass is 241 g/mol. The van der Waals surface area contributed by atoms with Crippen LogP contribution in [0.2, 0.25) is 0 Å². The molecule has 0 spiro atoms. The zero-order chi connectivity index (χ0) is 12.8. The lowest BCUT2D eigenvalue weighted by Crippen LogP contribution is -2.45. The molecule has 1 saturated carbocycles. The highest BCUT2D eigenvalue weighted by Crippen LogP contribution is 2.31. The minimum Gasteiger partial charge on any atom is -0.481 e. The smallest absolute Gasteiger partial charge is 0.307 e. The summed E-state index contributed by atoms with van der Waals surface area (Å²) in [6.45, 7) is 7.90. The minimum atomic E-state index is -0.674. The van der Waals surface area contributed by atoms with Gasteiger partial charge in [-0.05, 0) is 25.3 Å². The highest BCUT2D eigenvalue weighted by atomic mass is 16.4. The summed E-state index contributed by atoms with van der Waals surface area (Å²) in [6, 6.07) is 0.612. The van der Waals surface area contributed by atoms with E-state index in [9.17, 15) is 4.79 Å². The van der Waals surface area contributed by atoms with Gasteiger partial charge in [0, 0.05) is 12.6 Å². The maximum absolute atomic E-state index is 11.0. The SMILES string of the molecule is CCC1CCCCC1N(CC)CC(C)C(=O)O. The van der Waals surface area contributed by atoms with Crippen molar-refractivity contribution in [2.75, 3.05) is 13.1 Å². The second-order valence-electron chi connectivity index (χ2n) is 5.35. The molecule has 100 valence electrons. The zero-order valence-corrected chi connectivity index (χ0v) is 11.5. The summed E-state index contributed by atoms with van der Waals surface area (Å²) in [5.41, 5.74) is 0. The fraction of sp³-hybridized carbons (Fsp3) is 0.929. The first-order chi connectivity index (χ1) is 8.10. The maximum Gasteiger partial charge on any atom is 0.307 e. The van der Waals surface area contributed by atoms with Crippen molar-refractivity contribution in [1.29, 1.82) is 0 Å². The topological polar surface area (TPSA) is 40.5 Å². The lowest BCUT2D eigenvalue weighted by Gasteiger charge is -2.40. The van der Waals surface area contributed by atoms with E-state index in [0.29, 0.717) is 12.6 Å². The highest BCUT2D eigenvalue weighted by Gasteiger charge is 2.29. The van der Waals surface area contributed by atoms with Gasteiger partial charge < -0.3 is 5.11 Å². The molecule has 1 aliphatic carbocycles. The first-order valence-electron chi connectivity index (χ1n) is 7.06. The first kappa shape index (κ1) is 14.5. The first-order valence-corrected chi connectivity index (χ1v) is 7.06. The number of carboxylic acid groups (broad SMARTS) is 1. The number of nitrogens with zero attached hydrogens (tertiary/aromatic N) is 1. The lowest BCUT2D eigenvalue weighted by atomic mass is 9.81. The van der Waals surface area contributed by atoms with Gasteiger partial charge in [0.2, 0.25) is 0 Å². The molecule has 0 bridgehead atoms. The predicted molar refractivity (Wildman–Crippen MR) is 70.1 cm³/mol. The molecule has 17 heavy (non-hydrogen) atoms. The van der Waals surface area contributed by atoms with E-state index in [1.807, 2.05) is 6.92 Å². The number of rotatable bonds is 6. The Morgan fingerprint density at radius 1 is 1.35 bits per heavy atom. The molecule has 1 fully saturated rings. The molecule has 3 heteroatoms. The van der Waals surface area contributed by atoms with Crippen LogP contribution in [0.3, 0.4) is 0 Å². The van der Waals surface area contributed by atoms with Gasteiger partial charge in [-0.1, -0.05) is 40.0 Å². The molecule has 0 amide bonds. The van der Waals surface area contributed by atoms with E-state index in [-0.39, 0.29) is 5.92 Å². The maximum atomic E-state index is 11.0. The van der Waals surface area contributed by atoms with E-state index in [0.717, 1.165) is 12.5 Å². The number of aliphatic carboxylic acids is 1. The molecule has 0 aliphatic heterocycles. The fourth-order valence-corrected chi connectivity index (χ4v) is 3.07. The predicted octanol–water partition coefficient (Wildman–Crippen LogP) is 3.00. The third-order valence-corrected chi connectivity index (χ3v) is 4.20. The van der Waals surface area contributed by atoms with Gasteiger partial charge in [0.25, 0.3) is 0 Å². The van der Waals surface area contributed by atoms with Crippen LogP contribution in [0.1, 0.15) is 52.9 Å². The van der Waals surface area contributed by atoms with Crippen LogP contribution in [0.4, 0.5) is 0 Å². The Labute approximate surface area is 105 Å². The molecule has 3 atom stereocenters. The van der Waals surface area contributed by atoms with Gasteiger partial charge in [0.15, 0.2) is 0 Å². The molecule has 0 aromatic heterocycles. The van der Waals surface area contributed by atoms with Crippen LogP contribution in [0, 0.1) is 11.8 Å². The molecule has 3 nitrogen and oxygen atoms in total. The summed E-state index contributed by atoms with van der Waals surface area (Å²) >= 11 is 0. The molecule has 0 saturated heterocycles. The van der Waals surface area contributed by atoms with Crippen molar-refractivity contribution in [2.45, 2.75) is 58.9 Å². The molecule has 1 aliphatic rings. The van der Waals surface area contributed by atoms with Gasteiger partial charge in [0.05, 0.1) is 5.92 Å². The van der Waals surface area contributed by atoms with Gasteiger partial charge in [-0.15, -0.1) is 0 Å². The molecule has 0 aromatic carbocycles. The fourth-order valence-electron chi connectivity index (χ4n) is 3.07. The van der Waals surface area contributed by atoms with Crippen LogP contribution >= 0.6 is 0 Å². The summed E-state index contributed by atoms with van der Waals surface area (Å²) in [6.07, 6.45) is 6.45. The van der Waals surface area contributed by atoms with Crippen molar-refractivity contribution in [3.63, 3.8) is 0 Å². The Kier molecular flexibility index (Phi) is 5.96. The van der Waals surface area contributed by atoms with Crippen LogP contribution in [0.5, 0.6) is 0 Å². The summed E-state index contributed by atoms with van der Waals surface area (Å²) in [5.74, 6) is -0.161. The van der Waals surface area contributed by atoms with Crippen molar-refractivity contribution in [1.82, 2.24) is 4.90 Å². The van der Waals surface area contributed by atoms with Crippen LogP contribution in [-0.2, 0) is 4.79 Å². The van der Waals surface area contributed by atoms with Gasteiger partial charge in [-0.2, -0.15) is 0 Å². The van der Waals surface area contributed by atoms with Gasteiger partial charge >= 0.3 is 5.97 Å². The molecule has 0 aromatic rings. The van der Waals surface area contributed by atoms with E-state index in [2.05, 4.69) is 18.7 Å². The van der Waals surface area contributed by atoms with Crippen molar-refractivity contribution in [2.24, 2.45) is 11.8 Å². The number of carboxylic acids is 1. The zero-order valence-electron chi connectivity index (χ0n) is 11.5. The molecular formula is C14H27NO2. The average Bonchev–Trinajstić information content (AvgIpc) is 2.35.